The van der Waals surface area contributed by atoms with E-state index in [4.69, 9.17) is 0 Å². The van der Waals surface area contributed by atoms with Crippen molar-refractivity contribution in [3.63, 3.8) is 0 Å². The van der Waals surface area contributed by atoms with Crippen molar-refractivity contribution >= 4 is 18.2 Å². The van der Waals surface area contributed by atoms with E-state index in [0.717, 1.165) is 6.92 Å². The highest BCUT2D eigenvalue weighted by atomic mass is 16.6. The second-order valence-electron chi connectivity index (χ2n) is 1.34. The van der Waals surface area contributed by atoms with Gasteiger partial charge in [-0.1, -0.05) is 0 Å². The third-order valence-corrected chi connectivity index (χ3v) is 0.508. The highest BCUT2D eigenvalue weighted by Gasteiger charge is 2.02. The summed E-state index contributed by atoms with van der Waals surface area (Å²) < 4.78 is 3.98. The average Bonchev–Trinajstić information content (AvgIpc) is 1.63. The van der Waals surface area contributed by atoms with Gasteiger partial charge in [-0.05, 0) is 0 Å². The Morgan fingerprint density at radius 1 is 1.56 bits per heavy atom. The van der Waals surface area contributed by atoms with Gasteiger partial charge in [-0.2, -0.15) is 0 Å². The fourth-order valence-corrected chi connectivity index (χ4v) is 0.270. The number of esters is 2. The Kier molecular flexibility index (Phi) is 3.27. The summed E-state index contributed by atoms with van der Waals surface area (Å²) in [5.74, 6) is -1.50. The lowest BCUT2D eigenvalue weighted by Gasteiger charge is -1.91. The van der Waals surface area contributed by atoms with Crippen LogP contribution in [0.25, 0.3) is 0 Å². The molecular formula is C5H6O4. The van der Waals surface area contributed by atoms with E-state index < -0.39 is 11.9 Å². The van der Waals surface area contributed by atoms with Gasteiger partial charge in [0.25, 0.3) is 0 Å². The maximum atomic E-state index is 10.2. The summed E-state index contributed by atoms with van der Waals surface area (Å²) in [6.45, 7) is 1.10. The lowest BCUT2D eigenvalue weighted by molar-refractivity contribution is -0.157. The summed E-state index contributed by atoms with van der Waals surface area (Å²) in [5, 5.41) is 0. The van der Waals surface area contributed by atoms with Crippen LogP contribution in [0.3, 0.4) is 0 Å². The van der Waals surface area contributed by atoms with Crippen molar-refractivity contribution in [1.82, 2.24) is 0 Å². The maximum Gasteiger partial charge on any atom is 0.320 e. The largest absolute Gasteiger partial charge is 0.393 e. The third-order valence-electron chi connectivity index (χ3n) is 0.508. The van der Waals surface area contributed by atoms with Crippen molar-refractivity contribution in [3.8, 4) is 0 Å². The standard InChI is InChI=1S/C5H6O4/c1-4(7)9-5(8)2-3-6/h3H,2H2,1H3. The van der Waals surface area contributed by atoms with Gasteiger partial charge in [-0.15, -0.1) is 0 Å². The van der Waals surface area contributed by atoms with Crippen molar-refractivity contribution in [2.24, 2.45) is 0 Å². The van der Waals surface area contributed by atoms with Crippen molar-refractivity contribution in [2.45, 2.75) is 13.3 Å². The molecule has 0 aliphatic heterocycles. The van der Waals surface area contributed by atoms with Gasteiger partial charge >= 0.3 is 11.9 Å². The first-order valence-corrected chi connectivity index (χ1v) is 2.31. The molecule has 4 heteroatoms. The highest BCUT2D eigenvalue weighted by Crippen LogP contribution is 1.81. The molecule has 0 saturated carbocycles. The maximum absolute atomic E-state index is 10.2. The number of ether oxygens (including phenoxy) is 1. The Morgan fingerprint density at radius 3 is 2.44 bits per heavy atom. The zero-order chi connectivity index (χ0) is 7.28. The molecule has 0 saturated heterocycles. The molecule has 0 aromatic rings. The second kappa shape index (κ2) is 3.77. The smallest absolute Gasteiger partial charge is 0.320 e. The summed E-state index contributed by atoms with van der Waals surface area (Å²) >= 11 is 0. The van der Waals surface area contributed by atoms with Crippen LogP contribution in [0.5, 0.6) is 0 Å². The minimum absolute atomic E-state index is 0.362. The van der Waals surface area contributed by atoms with E-state index in [1.54, 1.807) is 0 Å². The summed E-state index contributed by atoms with van der Waals surface area (Å²) in [5.41, 5.74) is 0. The first-order valence-electron chi connectivity index (χ1n) is 2.31. The molecule has 0 heterocycles. The Balaban J connectivity index is 3.50. The molecule has 0 radical (unpaired) electrons. The van der Waals surface area contributed by atoms with Gasteiger partial charge < -0.3 is 9.53 Å². The lowest BCUT2D eigenvalue weighted by Crippen LogP contribution is -2.08. The molecule has 0 atom stereocenters. The van der Waals surface area contributed by atoms with Crippen LogP contribution < -0.4 is 0 Å². The zero-order valence-corrected chi connectivity index (χ0v) is 4.92. The Bertz CT molecular complexity index is 138. The molecule has 0 unspecified atom stereocenters. The topological polar surface area (TPSA) is 60.4 Å². The molecule has 0 fully saturated rings. The second-order valence-corrected chi connectivity index (χ2v) is 1.34. The highest BCUT2D eigenvalue weighted by molar-refractivity contribution is 5.90. The van der Waals surface area contributed by atoms with Crippen LogP contribution in [0.1, 0.15) is 13.3 Å². The normalized spacial score (nSPS) is 8.11. The van der Waals surface area contributed by atoms with Crippen LogP contribution in [0.15, 0.2) is 0 Å². The van der Waals surface area contributed by atoms with Gasteiger partial charge in [-0.3, -0.25) is 9.59 Å². The van der Waals surface area contributed by atoms with Crippen LogP contribution in [0.4, 0.5) is 0 Å². The predicted octanol–water partition coefficient (Wildman–Crippen LogP) is -0.335. The van der Waals surface area contributed by atoms with Crippen molar-refractivity contribution in [2.75, 3.05) is 0 Å². The minimum Gasteiger partial charge on any atom is -0.393 e. The molecule has 0 aliphatic rings. The monoisotopic (exact) mass is 130 g/mol. The SMILES string of the molecule is CC(=O)OC(=O)CC=O. The summed E-state index contributed by atoms with van der Waals surface area (Å²) in [4.78, 5) is 29.7. The average molecular weight is 130 g/mol. The summed E-state index contributed by atoms with van der Waals surface area (Å²) in [7, 11) is 0. The quantitative estimate of drug-likeness (QED) is 0.291. The van der Waals surface area contributed by atoms with Gasteiger partial charge in [0.05, 0.1) is 0 Å². The van der Waals surface area contributed by atoms with Crippen LogP contribution >= 0.6 is 0 Å². The van der Waals surface area contributed by atoms with E-state index >= 15 is 0 Å². The van der Waals surface area contributed by atoms with Gasteiger partial charge in [0, 0.05) is 6.92 Å². The summed E-state index contributed by atoms with van der Waals surface area (Å²) in [6, 6.07) is 0. The van der Waals surface area contributed by atoms with Crippen molar-refractivity contribution in [3.05, 3.63) is 0 Å². The molecule has 0 spiro atoms. The van der Waals surface area contributed by atoms with Crippen LogP contribution in [0.2, 0.25) is 0 Å². The molecule has 0 aliphatic carbocycles. The van der Waals surface area contributed by atoms with Crippen LogP contribution in [-0.4, -0.2) is 18.2 Å². The minimum atomic E-state index is -0.808. The van der Waals surface area contributed by atoms with E-state index in [9.17, 15) is 14.4 Å². The molecule has 0 N–H and O–H groups in total. The van der Waals surface area contributed by atoms with E-state index in [0.29, 0.717) is 6.29 Å². The molecule has 0 aromatic heterocycles. The Morgan fingerprint density at radius 2 is 2.11 bits per heavy atom. The molecule has 0 amide bonds. The number of hydrogen-bond donors (Lipinski definition) is 0. The number of rotatable bonds is 2. The zero-order valence-electron chi connectivity index (χ0n) is 4.92. The number of hydrogen-bond acceptors (Lipinski definition) is 4. The van der Waals surface area contributed by atoms with Crippen LogP contribution in [0, 0.1) is 0 Å². The number of aldehydes is 1. The molecular weight excluding hydrogens is 124 g/mol. The summed E-state index contributed by atoms with van der Waals surface area (Å²) in [6.07, 6.45) is 0.0187. The van der Waals surface area contributed by atoms with Gasteiger partial charge in [0.15, 0.2) is 0 Å². The Hall–Kier alpha value is -1.19. The fourth-order valence-electron chi connectivity index (χ4n) is 0.270. The number of carbonyl (C=O) groups excluding carboxylic acids is 3. The first kappa shape index (κ1) is 7.81. The first-order chi connectivity index (χ1) is 4.16. The third kappa shape index (κ3) is 4.67. The Labute approximate surface area is 51.8 Å². The molecule has 0 aromatic carbocycles. The van der Waals surface area contributed by atoms with E-state index in [2.05, 4.69) is 4.74 Å². The number of carbonyl (C=O) groups is 3. The molecule has 4 nitrogen and oxygen atoms in total. The van der Waals surface area contributed by atoms with E-state index in [1.165, 1.54) is 0 Å². The fraction of sp³-hybridized carbons (Fsp3) is 0.400. The van der Waals surface area contributed by atoms with E-state index in [1.807, 2.05) is 0 Å². The predicted molar refractivity (Wildman–Crippen MR) is 27.5 cm³/mol. The van der Waals surface area contributed by atoms with Crippen LogP contribution in [-0.2, 0) is 19.1 Å². The van der Waals surface area contributed by atoms with E-state index in [-0.39, 0.29) is 6.42 Å². The molecule has 9 heavy (non-hydrogen) atoms. The molecule has 0 bridgehead atoms. The van der Waals surface area contributed by atoms with Crippen molar-refractivity contribution < 1.29 is 19.1 Å². The van der Waals surface area contributed by atoms with Crippen molar-refractivity contribution in [1.29, 1.82) is 0 Å². The van der Waals surface area contributed by atoms with Gasteiger partial charge in [-0.25, -0.2) is 0 Å². The van der Waals surface area contributed by atoms with Gasteiger partial charge in [0.1, 0.15) is 12.7 Å². The van der Waals surface area contributed by atoms with Gasteiger partial charge in [0.2, 0.25) is 0 Å². The lowest BCUT2D eigenvalue weighted by atomic mass is 10.5. The molecule has 50 valence electrons. The molecule has 0 rings (SSSR count).